The van der Waals surface area contributed by atoms with Crippen LogP contribution >= 0.6 is 0 Å². The summed E-state index contributed by atoms with van der Waals surface area (Å²) in [5.41, 5.74) is 4.66. The maximum absolute atomic E-state index is 13.7. The van der Waals surface area contributed by atoms with Gasteiger partial charge in [-0.15, -0.1) is 0 Å². The number of carbonyl (C=O) groups excluding carboxylic acids is 4. The number of hydrogen-bond acceptors (Lipinski definition) is 6. The highest BCUT2D eigenvalue weighted by Gasteiger charge is 2.45. The molecule has 4 rings (SSSR count). The fraction of sp³-hybridized carbons (Fsp3) is 0.400. The summed E-state index contributed by atoms with van der Waals surface area (Å²) in [6, 6.07) is 0. The molecule has 0 fully saturated rings. The Labute approximate surface area is 275 Å². The van der Waals surface area contributed by atoms with Gasteiger partial charge < -0.3 is 24.8 Å². The zero-order valence-electron chi connectivity index (χ0n) is 28.0. The lowest BCUT2D eigenvalue weighted by molar-refractivity contribution is -0.141. The SMILES string of the molecule is CCC1=C(C)C(/C=c2/[nH]/c(=C\c3[nH]c(/C=C4\NC(=O)C(C(F)(F)F)=C4CC)c(C)c3CCC(=O)OC)c(CCC(=O)OC)c2C)=NC1=O. The Bertz CT molecular complexity index is 1940. The number of allylic oxidation sites excluding steroid dienone is 2. The molecule has 2 aromatic heterocycles. The summed E-state index contributed by atoms with van der Waals surface area (Å²) >= 11 is 0. The van der Waals surface area contributed by atoms with Crippen LogP contribution in [0.4, 0.5) is 13.2 Å². The molecule has 0 bridgehead atoms. The van der Waals surface area contributed by atoms with Gasteiger partial charge in [0, 0.05) is 46.2 Å². The molecule has 2 amide bonds. The standard InChI is InChI=1S/C35H39F3N4O6/c1-8-20-17(3)26(41-33(20)45)14-24-18(4)22(10-12-30(43)47-6)28(39-24)16-29-23(11-13-31(44)48-7)19(5)25(40-29)15-27-21(9-2)32(34(46)42-27)35(36,37)38/h14-16,39-40H,8-13H2,1-7H3,(H,42,46)/b24-14+,27-15-,28-16-. The smallest absolute Gasteiger partial charge is 0.422 e. The highest BCUT2D eigenvalue weighted by molar-refractivity contribution is 6.30. The quantitative estimate of drug-likeness (QED) is 0.306. The topological polar surface area (TPSA) is 143 Å². The molecule has 0 radical (unpaired) electrons. The van der Waals surface area contributed by atoms with Crippen molar-refractivity contribution in [3.63, 3.8) is 0 Å². The molecule has 0 aromatic carbocycles. The van der Waals surface area contributed by atoms with Crippen LogP contribution in [0.25, 0.3) is 18.2 Å². The van der Waals surface area contributed by atoms with Crippen LogP contribution in [0.3, 0.4) is 0 Å². The number of aromatic nitrogens is 2. The third-order valence-corrected chi connectivity index (χ3v) is 8.78. The van der Waals surface area contributed by atoms with Crippen LogP contribution in [0.1, 0.15) is 80.1 Å². The minimum absolute atomic E-state index is 0.0246. The molecule has 0 aliphatic carbocycles. The molecule has 2 aliphatic rings. The number of methoxy groups -OCH3 is 2. The van der Waals surface area contributed by atoms with Crippen molar-refractivity contribution in [3.8, 4) is 0 Å². The number of rotatable bonds is 11. The Morgan fingerprint density at radius 2 is 1.40 bits per heavy atom. The number of nitrogens with one attached hydrogen (secondary N) is 3. The summed E-state index contributed by atoms with van der Waals surface area (Å²) in [7, 11) is 2.59. The zero-order valence-corrected chi connectivity index (χ0v) is 28.0. The molecule has 48 heavy (non-hydrogen) atoms. The van der Waals surface area contributed by atoms with Crippen molar-refractivity contribution < 1.29 is 41.8 Å². The highest BCUT2D eigenvalue weighted by Crippen LogP contribution is 2.37. The first-order valence-electron chi connectivity index (χ1n) is 15.6. The van der Waals surface area contributed by atoms with Gasteiger partial charge >= 0.3 is 18.1 Å². The Morgan fingerprint density at radius 1 is 0.792 bits per heavy atom. The number of amides is 2. The molecule has 0 spiro atoms. The predicted octanol–water partition coefficient (Wildman–Crippen LogP) is 4.23. The number of H-pyrrole nitrogens is 2. The first kappa shape index (κ1) is 35.9. The molecule has 10 nitrogen and oxygen atoms in total. The van der Waals surface area contributed by atoms with Gasteiger partial charge in [-0.25, -0.2) is 4.99 Å². The maximum atomic E-state index is 13.7. The van der Waals surface area contributed by atoms with Gasteiger partial charge in [0.05, 0.1) is 19.9 Å². The Balaban J connectivity index is 1.93. The van der Waals surface area contributed by atoms with E-state index >= 15 is 0 Å². The number of alkyl halides is 3. The third kappa shape index (κ3) is 7.29. The molecular weight excluding hydrogens is 629 g/mol. The molecule has 0 saturated carbocycles. The summed E-state index contributed by atoms with van der Waals surface area (Å²) in [5.74, 6) is -2.32. The van der Waals surface area contributed by atoms with E-state index in [2.05, 4.69) is 20.3 Å². The Morgan fingerprint density at radius 3 is 1.94 bits per heavy atom. The van der Waals surface area contributed by atoms with Gasteiger partial charge in [0.2, 0.25) is 0 Å². The van der Waals surface area contributed by atoms with Crippen LogP contribution in [0.15, 0.2) is 33.0 Å². The van der Waals surface area contributed by atoms with Gasteiger partial charge in [-0.05, 0) is 98.1 Å². The lowest BCUT2D eigenvalue weighted by Crippen LogP contribution is -2.24. The number of ether oxygens (including phenoxy) is 2. The molecule has 0 atom stereocenters. The average Bonchev–Trinajstić information content (AvgIpc) is 3.70. The molecular formula is C35H39F3N4O6. The molecule has 2 aromatic rings. The number of hydrogen-bond donors (Lipinski definition) is 3. The molecule has 4 heterocycles. The predicted molar refractivity (Wildman–Crippen MR) is 174 cm³/mol. The van der Waals surface area contributed by atoms with Crippen molar-refractivity contribution >= 4 is 47.7 Å². The normalized spacial score (nSPS) is 16.9. The van der Waals surface area contributed by atoms with E-state index in [0.717, 1.165) is 16.7 Å². The van der Waals surface area contributed by atoms with Crippen LogP contribution in [0, 0.1) is 13.8 Å². The summed E-state index contributed by atoms with van der Waals surface area (Å²) in [5, 5.41) is 3.67. The largest absolute Gasteiger partial charge is 0.469 e. The fourth-order valence-corrected chi connectivity index (χ4v) is 6.08. The average molecular weight is 669 g/mol. The van der Waals surface area contributed by atoms with Crippen molar-refractivity contribution in [1.82, 2.24) is 15.3 Å². The minimum atomic E-state index is -4.81. The van der Waals surface area contributed by atoms with Gasteiger partial charge in [0.1, 0.15) is 5.57 Å². The number of esters is 2. The van der Waals surface area contributed by atoms with Gasteiger partial charge in [-0.1, -0.05) is 13.8 Å². The Kier molecular flexibility index (Phi) is 10.8. The van der Waals surface area contributed by atoms with Crippen LogP contribution < -0.4 is 16.0 Å². The zero-order chi connectivity index (χ0) is 35.5. The van der Waals surface area contributed by atoms with E-state index in [1.54, 1.807) is 19.9 Å². The monoisotopic (exact) mass is 668 g/mol. The van der Waals surface area contributed by atoms with Gasteiger partial charge in [-0.2, -0.15) is 13.2 Å². The van der Waals surface area contributed by atoms with Crippen LogP contribution in [-0.2, 0) is 41.5 Å². The molecule has 256 valence electrons. The van der Waals surface area contributed by atoms with E-state index in [1.807, 2.05) is 26.8 Å². The summed E-state index contributed by atoms with van der Waals surface area (Å²) < 4.78 is 50.8. The number of nitrogens with zero attached hydrogens (tertiary/aromatic N) is 1. The van der Waals surface area contributed by atoms with E-state index < -0.39 is 29.6 Å². The highest BCUT2D eigenvalue weighted by atomic mass is 19.4. The molecule has 3 N–H and O–H groups in total. The van der Waals surface area contributed by atoms with E-state index in [-0.39, 0.29) is 42.9 Å². The first-order valence-corrected chi connectivity index (χ1v) is 15.6. The van der Waals surface area contributed by atoms with Crippen molar-refractivity contribution in [2.45, 2.75) is 79.3 Å². The second kappa shape index (κ2) is 14.4. The third-order valence-electron chi connectivity index (χ3n) is 8.78. The first-order chi connectivity index (χ1) is 22.6. The van der Waals surface area contributed by atoms with Crippen LogP contribution in [-0.4, -0.2) is 59.8 Å². The number of carbonyl (C=O) groups is 4. The molecule has 2 aliphatic heterocycles. The summed E-state index contributed by atoms with van der Waals surface area (Å²) in [6.45, 7) is 8.94. The molecule has 13 heteroatoms. The van der Waals surface area contributed by atoms with Crippen molar-refractivity contribution in [2.24, 2.45) is 4.99 Å². The van der Waals surface area contributed by atoms with Crippen molar-refractivity contribution in [3.05, 3.63) is 72.3 Å². The maximum Gasteiger partial charge on any atom is 0.422 e. The van der Waals surface area contributed by atoms with Crippen molar-refractivity contribution in [2.75, 3.05) is 14.2 Å². The van der Waals surface area contributed by atoms with Crippen LogP contribution in [0.5, 0.6) is 0 Å². The van der Waals surface area contributed by atoms with E-state index in [4.69, 9.17) is 9.47 Å². The lowest BCUT2D eigenvalue weighted by Gasteiger charge is -2.07. The van der Waals surface area contributed by atoms with E-state index in [1.165, 1.54) is 20.3 Å². The summed E-state index contributed by atoms with van der Waals surface area (Å²) in [6.07, 6.45) is 1.48. The van der Waals surface area contributed by atoms with Gasteiger partial charge in [0.25, 0.3) is 11.8 Å². The fourth-order valence-electron chi connectivity index (χ4n) is 6.08. The number of halogens is 3. The van der Waals surface area contributed by atoms with Gasteiger partial charge in [0.15, 0.2) is 0 Å². The molecule has 0 saturated heterocycles. The Hall–Kier alpha value is -4.94. The number of aliphatic imine (C=N–C) groups is 1. The second-order valence-corrected chi connectivity index (χ2v) is 11.5. The van der Waals surface area contributed by atoms with E-state index in [9.17, 15) is 32.3 Å². The second-order valence-electron chi connectivity index (χ2n) is 11.5. The van der Waals surface area contributed by atoms with E-state index in [0.29, 0.717) is 57.3 Å². The lowest BCUT2D eigenvalue weighted by atomic mass is 10.0. The van der Waals surface area contributed by atoms with Crippen molar-refractivity contribution in [1.29, 1.82) is 0 Å². The minimum Gasteiger partial charge on any atom is -0.469 e. The molecule has 0 unspecified atom stereocenters. The van der Waals surface area contributed by atoms with Gasteiger partial charge in [-0.3, -0.25) is 19.2 Å². The summed E-state index contributed by atoms with van der Waals surface area (Å²) in [4.78, 5) is 59.9. The number of aromatic amines is 2. The van der Waals surface area contributed by atoms with Crippen LogP contribution in [0.2, 0.25) is 0 Å².